The van der Waals surface area contributed by atoms with Crippen LogP contribution in [0.4, 0.5) is 10.9 Å². The fourth-order valence-corrected chi connectivity index (χ4v) is 3.87. The van der Waals surface area contributed by atoms with Crippen molar-refractivity contribution in [3.05, 3.63) is 33.8 Å². The number of hydrogen-bond acceptors (Lipinski definition) is 6. The lowest BCUT2D eigenvalue weighted by molar-refractivity contribution is 0.519. The van der Waals surface area contributed by atoms with E-state index in [0.29, 0.717) is 17.9 Å². The first-order valence-electron chi connectivity index (χ1n) is 8.21. The van der Waals surface area contributed by atoms with Crippen LogP contribution in [-0.4, -0.2) is 33.7 Å². The van der Waals surface area contributed by atoms with Crippen molar-refractivity contribution in [2.24, 2.45) is 0 Å². The van der Waals surface area contributed by atoms with Crippen LogP contribution in [-0.2, 0) is 0 Å². The molecule has 6 nitrogen and oxygen atoms in total. The first kappa shape index (κ1) is 14.7. The molecule has 0 unspecified atom stereocenters. The zero-order valence-electron chi connectivity index (χ0n) is 13.2. The molecule has 2 aromatic heterocycles. The van der Waals surface area contributed by atoms with Gasteiger partial charge in [0.25, 0.3) is 5.56 Å². The van der Waals surface area contributed by atoms with Gasteiger partial charge in [-0.05, 0) is 32.6 Å². The molecule has 2 fully saturated rings. The molecular formula is C16H21N5OS. The predicted octanol–water partition coefficient (Wildman–Crippen LogP) is 2.42. The molecule has 2 aliphatic rings. The highest BCUT2D eigenvalue weighted by Crippen LogP contribution is 2.33. The third-order valence-corrected chi connectivity index (χ3v) is 5.42. The topological polar surface area (TPSA) is 63.1 Å². The van der Waals surface area contributed by atoms with Crippen molar-refractivity contribution in [3.8, 4) is 0 Å². The van der Waals surface area contributed by atoms with Crippen molar-refractivity contribution in [1.29, 1.82) is 0 Å². The van der Waals surface area contributed by atoms with E-state index in [0.717, 1.165) is 49.6 Å². The molecule has 0 radical (unpaired) electrons. The molecule has 1 saturated carbocycles. The molecule has 0 atom stereocenters. The van der Waals surface area contributed by atoms with Gasteiger partial charge >= 0.3 is 0 Å². The summed E-state index contributed by atoms with van der Waals surface area (Å²) in [6, 6.07) is 0.822. The molecule has 0 amide bonds. The van der Waals surface area contributed by atoms with Crippen molar-refractivity contribution in [2.45, 2.75) is 44.7 Å². The summed E-state index contributed by atoms with van der Waals surface area (Å²) in [4.78, 5) is 23.5. The van der Waals surface area contributed by atoms with E-state index in [1.165, 1.54) is 0 Å². The largest absolute Gasteiger partial charge is 0.359 e. The highest BCUT2D eigenvalue weighted by molar-refractivity contribution is 7.13. The summed E-state index contributed by atoms with van der Waals surface area (Å²) in [6.45, 7) is 3.73. The van der Waals surface area contributed by atoms with E-state index in [1.807, 2.05) is 17.7 Å². The normalized spacial score (nSPS) is 19.1. The quantitative estimate of drug-likeness (QED) is 0.932. The third-order valence-electron chi connectivity index (χ3n) is 4.53. The lowest BCUT2D eigenvalue weighted by Crippen LogP contribution is -2.42. The van der Waals surface area contributed by atoms with Gasteiger partial charge in [0.05, 0.1) is 5.69 Å². The number of aromatic nitrogens is 3. The van der Waals surface area contributed by atoms with Crippen LogP contribution >= 0.6 is 11.3 Å². The molecule has 0 aromatic carbocycles. The number of nitrogens with zero attached hydrogens (tertiary/aromatic N) is 4. The summed E-state index contributed by atoms with van der Waals surface area (Å²) in [5, 5.41) is 6.56. The summed E-state index contributed by atoms with van der Waals surface area (Å²) in [7, 11) is 0. The van der Waals surface area contributed by atoms with Crippen molar-refractivity contribution in [3.63, 3.8) is 0 Å². The Hall–Kier alpha value is -1.89. The monoisotopic (exact) mass is 331 g/mol. The van der Waals surface area contributed by atoms with Crippen molar-refractivity contribution >= 4 is 22.3 Å². The number of thiazole rings is 1. The van der Waals surface area contributed by atoms with Gasteiger partial charge in [0, 0.05) is 42.9 Å². The zero-order chi connectivity index (χ0) is 15.8. The highest BCUT2D eigenvalue weighted by atomic mass is 32.1. The van der Waals surface area contributed by atoms with Crippen molar-refractivity contribution < 1.29 is 0 Å². The van der Waals surface area contributed by atoms with E-state index in [-0.39, 0.29) is 5.56 Å². The Morgan fingerprint density at radius 3 is 2.70 bits per heavy atom. The Morgan fingerprint density at radius 2 is 2.04 bits per heavy atom. The minimum absolute atomic E-state index is 0.0666. The Morgan fingerprint density at radius 1 is 1.26 bits per heavy atom. The lowest BCUT2D eigenvalue weighted by atomic mass is 10.1. The van der Waals surface area contributed by atoms with E-state index in [1.54, 1.807) is 17.5 Å². The summed E-state index contributed by atoms with van der Waals surface area (Å²) in [6.07, 6.45) is 7.81. The maximum absolute atomic E-state index is 12.6. The second kappa shape index (κ2) is 5.96. The van der Waals surface area contributed by atoms with Gasteiger partial charge in [-0.1, -0.05) is 0 Å². The Labute approximate surface area is 139 Å². The Balaban J connectivity index is 1.41. The third kappa shape index (κ3) is 3.10. The number of nitrogens with one attached hydrogen (secondary N) is 1. The van der Waals surface area contributed by atoms with Gasteiger partial charge in [0.2, 0.25) is 0 Å². The average Bonchev–Trinajstić information content (AvgIpc) is 3.32. The van der Waals surface area contributed by atoms with Gasteiger partial charge in [-0.2, -0.15) is 0 Å². The Bertz CT molecular complexity index is 743. The van der Waals surface area contributed by atoms with E-state index < -0.39 is 0 Å². The molecule has 23 heavy (non-hydrogen) atoms. The van der Waals surface area contributed by atoms with Gasteiger partial charge in [-0.25, -0.2) is 9.97 Å². The van der Waals surface area contributed by atoms with Crippen LogP contribution in [0.1, 0.15) is 37.4 Å². The summed E-state index contributed by atoms with van der Waals surface area (Å²) >= 11 is 1.65. The minimum Gasteiger partial charge on any atom is -0.359 e. The fraction of sp³-hybridized carbons (Fsp3) is 0.562. The fourth-order valence-electron chi connectivity index (χ4n) is 3.10. The predicted molar refractivity (Wildman–Crippen MR) is 92.5 cm³/mol. The standard InChI is InChI=1S/C16H21N5OS/c1-11-10-23-16(18-11)19-12-4-7-20(8-5-12)14-15(22)21(9-6-17-14)13-2-3-13/h6,9-10,12-13H,2-5,7-8H2,1H3,(H,18,19). The van der Waals surface area contributed by atoms with Crippen LogP contribution in [0.25, 0.3) is 0 Å². The number of anilines is 2. The van der Waals surface area contributed by atoms with Crippen LogP contribution in [0.3, 0.4) is 0 Å². The molecule has 7 heteroatoms. The molecule has 2 aromatic rings. The van der Waals surface area contributed by atoms with Gasteiger partial charge in [-0.15, -0.1) is 11.3 Å². The summed E-state index contributed by atoms with van der Waals surface area (Å²) in [5.41, 5.74) is 1.13. The van der Waals surface area contributed by atoms with E-state index in [9.17, 15) is 4.79 Å². The number of hydrogen-bond donors (Lipinski definition) is 1. The van der Waals surface area contributed by atoms with E-state index in [2.05, 4.69) is 25.6 Å². The van der Waals surface area contributed by atoms with Gasteiger partial charge in [0.15, 0.2) is 10.9 Å². The van der Waals surface area contributed by atoms with Crippen LogP contribution in [0.2, 0.25) is 0 Å². The van der Waals surface area contributed by atoms with Crippen molar-refractivity contribution in [2.75, 3.05) is 23.3 Å². The molecule has 1 aliphatic heterocycles. The van der Waals surface area contributed by atoms with Crippen LogP contribution in [0.5, 0.6) is 0 Å². The SMILES string of the molecule is Cc1csc(NC2CCN(c3nccn(C4CC4)c3=O)CC2)n1. The molecule has 122 valence electrons. The van der Waals surface area contributed by atoms with Gasteiger partial charge in [-0.3, -0.25) is 4.79 Å². The first-order valence-corrected chi connectivity index (χ1v) is 9.09. The van der Waals surface area contributed by atoms with Crippen LogP contribution in [0.15, 0.2) is 22.6 Å². The van der Waals surface area contributed by atoms with Crippen LogP contribution in [0, 0.1) is 6.92 Å². The van der Waals surface area contributed by atoms with E-state index in [4.69, 9.17) is 0 Å². The number of rotatable bonds is 4. The molecule has 0 spiro atoms. The van der Waals surface area contributed by atoms with Crippen molar-refractivity contribution in [1.82, 2.24) is 14.5 Å². The number of piperidine rings is 1. The molecule has 1 saturated heterocycles. The zero-order valence-corrected chi connectivity index (χ0v) is 14.1. The second-order valence-electron chi connectivity index (χ2n) is 6.39. The molecule has 1 N–H and O–H groups in total. The molecule has 0 bridgehead atoms. The minimum atomic E-state index is 0.0666. The molecular weight excluding hydrogens is 310 g/mol. The second-order valence-corrected chi connectivity index (χ2v) is 7.25. The average molecular weight is 331 g/mol. The molecule has 1 aliphatic carbocycles. The summed E-state index contributed by atoms with van der Waals surface area (Å²) < 4.78 is 1.85. The van der Waals surface area contributed by atoms with E-state index >= 15 is 0 Å². The smallest absolute Gasteiger partial charge is 0.293 e. The number of aryl methyl sites for hydroxylation is 1. The highest BCUT2D eigenvalue weighted by Gasteiger charge is 2.28. The molecule has 4 rings (SSSR count). The van der Waals surface area contributed by atoms with Crippen LogP contribution < -0.4 is 15.8 Å². The molecule has 3 heterocycles. The van der Waals surface area contributed by atoms with Gasteiger partial charge in [0.1, 0.15) is 0 Å². The lowest BCUT2D eigenvalue weighted by Gasteiger charge is -2.32. The summed E-state index contributed by atoms with van der Waals surface area (Å²) in [5.74, 6) is 0.614. The van der Waals surface area contributed by atoms with Gasteiger partial charge < -0.3 is 14.8 Å². The Kier molecular flexibility index (Phi) is 3.80. The maximum atomic E-state index is 12.6. The first-order chi connectivity index (χ1) is 11.2. The maximum Gasteiger partial charge on any atom is 0.293 e.